The number of aryl methyl sites for hydroxylation is 1. The van der Waals surface area contributed by atoms with E-state index in [0.29, 0.717) is 17.5 Å². The van der Waals surface area contributed by atoms with Gasteiger partial charge in [-0.3, -0.25) is 9.36 Å². The molecule has 0 amide bonds. The zero-order chi connectivity index (χ0) is 13.3. The summed E-state index contributed by atoms with van der Waals surface area (Å²) in [7, 11) is 3.18. The molecule has 1 aliphatic carbocycles. The first kappa shape index (κ1) is 13.1. The third-order valence-corrected chi connectivity index (χ3v) is 3.95. The Balaban J connectivity index is 2.06. The highest BCUT2D eigenvalue weighted by atomic mass is 16.2. The topological polar surface area (TPSA) is 56.0 Å². The van der Waals surface area contributed by atoms with Crippen LogP contribution in [-0.2, 0) is 20.6 Å². The van der Waals surface area contributed by atoms with Crippen LogP contribution in [0.3, 0.4) is 0 Å². The van der Waals surface area contributed by atoms with Crippen LogP contribution in [0.1, 0.15) is 31.7 Å². The van der Waals surface area contributed by atoms with Gasteiger partial charge in [-0.1, -0.05) is 13.3 Å². The lowest BCUT2D eigenvalue weighted by atomic mass is 9.70. The molecule has 0 radical (unpaired) electrons. The minimum absolute atomic E-state index is 0.204. The van der Waals surface area contributed by atoms with Gasteiger partial charge in [-0.05, 0) is 18.3 Å². The Morgan fingerprint density at radius 2 is 2.00 bits per heavy atom. The van der Waals surface area contributed by atoms with Crippen LogP contribution in [0, 0.1) is 5.41 Å². The van der Waals surface area contributed by atoms with Gasteiger partial charge in [0.2, 0.25) is 0 Å². The van der Waals surface area contributed by atoms with Gasteiger partial charge < -0.3 is 9.88 Å². The van der Waals surface area contributed by atoms with Crippen LogP contribution in [0.2, 0.25) is 0 Å². The molecular formula is C13H21N3O2. The zero-order valence-electron chi connectivity index (χ0n) is 11.3. The van der Waals surface area contributed by atoms with E-state index in [-0.39, 0.29) is 11.2 Å². The molecule has 0 aliphatic heterocycles. The molecule has 1 N–H and O–H groups in total. The Kier molecular flexibility index (Phi) is 3.43. The highest BCUT2D eigenvalue weighted by Gasteiger charge is 2.30. The van der Waals surface area contributed by atoms with Crippen molar-refractivity contribution in [2.45, 2.75) is 32.7 Å². The summed E-state index contributed by atoms with van der Waals surface area (Å²) in [6.45, 7) is 3.72. The van der Waals surface area contributed by atoms with Crippen molar-refractivity contribution in [2.24, 2.45) is 19.5 Å². The summed E-state index contributed by atoms with van der Waals surface area (Å²) in [5.41, 5.74) is 0.549. The molecule has 5 nitrogen and oxygen atoms in total. The van der Waals surface area contributed by atoms with E-state index >= 15 is 0 Å². The Morgan fingerprint density at radius 3 is 2.56 bits per heavy atom. The monoisotopic (exact) mass is 251 g/mol. The maximum Gasteiger partial charge on any atom is 0.330 e. The molecule has 5 heteroatoms. The number of nitrogens with zero attached hydrogens (tertiary/aromatic N) is 2. The van der Waals surface area contributed by atoms with Crippen molar-refractivity contribution in [3.8, 4) is 0 Å². The minimum atomic E-state index is -0.283. The number of nitrogens with one attached hydrogen (secondary N) is 1. The van der Waals surface area contributed by atoms with Gasteiger partial charge in [0.15, 0.2) is 0 Å². The van der Waals surface area contributed by atoms with E-state index in [1.165, 1.54) is 30.9 Å². The molecule has 0 bridgehead atoms. The predicted molar refractivity (Wildman–Crippen MR) is 70.6 cm³/mol. The molecule has 1 aromatic rings. The van der Waals surface area contributed by atoms with Gasteiger partial charge in [-0.25, -0.2) is 4.79 Å². The Morgan fingerprint density at radius 1 is 1.33 bits per heavy atom. The normalized spacial score (nSPS) is 17.5. The van der Waals surface area contributed by atoms with Crippen LogP contribution in [-0.4, -0.2) is 15.7 Å². The number of aromatic nitrogens is 2. The van der Waals surface area contributed by atoms with E-state index < -0.39 is 0 Å². The number of hydrogen-bond acceptors (Lipinski definition) is 3. The smallest absolute Gasteiger partial charge is 0.312 e. The Labute approximate surface area is 106 Å². The van der Waals surface area contributed by atoms with E-state index in [4.69, 9.17) is 0 Å². The summed E-state index contributed by atoms with van der Waals surface area (Å²) < 4.78 is 2.60. The molecular weight excluding hydrogens is 230 g/mol. The minimum Gasteiger partial charge on any atom is -0.312 e. The molecule has 0 atom stereocenters. The highest BCUT2D eigenvalue weighted by Crippen LogP contribution is 2.39. The first-order valence-electron chi connectivity index (χ1n) is 6.39. The van der Waals surface area contributed by atoms with E-state index in [0.717, 1.165) is 11.1 Å². The van der Waals surface area contributed by atoms with Gasteiger partial charge in [0.25, 0.3) is 5.56 Å². The quantitative estimate of drug-likeness (QED) is 0.841. The maximum atomic E-state index is 11.9. The van der Waals surface area contributed by atoms with E-state index in [1.807, 2.05) is 0 Å². The molecule has 1 aromatic heterocycles. The molecule has 1 aliphatic rings. The second kappa shape index (κ2) is 4.72. The molecule has 100 valence electrons. The summed E-state index contributed by atoms with van der Waals surface area (Å²) >= 11 is 0. The third kappa shape index (κ3) is 2.41. The van der Waals surface area contributed by atoms with Crippen LogP contribution < -0.4 is 16.6 Å². The fraction of sp³-hybridized carbons (Fsp3) is 0.692. The largest absolute Gasteiger partial charge is 0.330 e. The fourth-order valence-corrected chi connectivity index (χ4v) is 2.46. The number of hydrogen-bond donors (Lipinski definition) is 1. The maximum absolute atomic E-state index is 11.9. The van der Waals surface area contributed by atoms with Gasteiger partial charge >= 0.3 is 5.69 Å². The van der Waals surface area contributed by atoms with E-state index in [9.17, 15) is 9.59 Å². The average Bonchev–Trinajstić information content (AvgIpc) is 2.30. The summed E-state index contributed by atoms with van der Waals surface area (Å²) in [5, 5.41) is 3.33. The van der Waals surface area contributed by atoms with Gasteiger partial charge in [-0.15, -0.1) is 0 Å². The van der Waals surface area contributed by atoms with Crippen molar-refractivity contribution in [1.29, 1.82) is 0 Å². The highest BCUT2D eigenvalue weighted by molar-refractivity contribution is 5.05. The second-order valence-corrected chi connectivity index (χ2v) is 5.68. The van der Waals surface area contributed by atoms with Crippen molar-refractivity contribution in [1.82, 2.24) is 14.5 Å². The number of rotatable bonds is 4. The van der Waals surface area contributed by atoms with Crippen LogP contribution in [0.5, 0.6) is 0 Å². The average molecular weight is 251 g/mol. The summed E-state index contributed by atoms with van der Waals surface area (Å²) in [5.74, 6) is 0. The summed E-state index contributed by atoms with van der Waals surface area (Å²) in [6.07, 6.45) is 5.44. The van der Waals surface area contributed by atoms with E-state index in [1.54, 1.807) is 13.2 Å². The van der Waals surface area contributed by atoms with Gasteiger partial charge in [0.1, 0.15) is 0 Å². The van der Waals surface area contributed by atoms with Crippen molar-refractivity contribution in [3.05, 3.63) is 32.6 Å². The fourth-order valence-electron chi connectivity index (χ4n) is 2.46. The van der Waals surface area contributed by atoms with Crippen LogP contribution in [0.4, 0.5) is 0 Å². The molecule has 1 heterocycles. The summed E-state index contributed by atoms with van der Waals surface area (Å²) in [6, 6.07) is 0. The van der Waals surface area contributed by atoms with Crippen LogP contribution in [0.15, 0.2) is 15.8 Å². The molecule has 2 rings (SSSR count). The Bertz CT molecular complexity index is 552. The first-order valence-corrected chi connectivity index (χ1v) is 6.39. The molecule has 0 spiro atoms. The van der Waals surface area contributed by atoms with E-state index in [2.05, 4.69) is 12.2 Å². The summed E-state index contributed by atoms with van der Waals surface area (Å²) in [4.78, 5) is 23.4. The van der Waals surface area contributed by atoms with Gasteiger partial charge in [0, 0.05) is 38.9 Å². The second-order valence-electron chi connectivity index (χ2n) is 5.68. The van der Waals surface area contributed by atoms with Crippen molar-refractivity contribution < 1.29 is 0 Å². The lowest BCUT2D eigenvalue weighted by molar-refractivity contribution is 0.156. The lowest BCUT2D eigenvalue weighted by Gasteiger charge is -2.38. The lowest BCUT2D eigenvalue weighted by Crippen LogP contribution is -2.41. The molecule has 18 heavy (non-hydrogen) atoms. The van der Waals surface area contributed by atoms with Gasteiger partial charge in [0.05, 0.1) is 0 Å². The SMILES string of the molecule is Cn1cc(CNCC2(C)CCC2)c(=O)n(C)c1=O. The molecule has 0 aromatic carbocycles. The standard InChI is InChI=1S/C13H21N3O2/c1-13(5-4-6-13)9-14-7-10-8-15(2)12(18)16(3)11(10)17/h8,14H,4-7,9H2,1-3H3. The Hall–Kier alpha value is -1.36. The van der Waals surface area contributed by atoms with Crippen molar-refractivity contribution >= 4 is 0 Å². The van der Waals surface area contributed by atoms with Gasteiger partial charge in [-0.2, -0.15) is 0 Å². The molecule has 0 unspecified atom stereocenters. The first-order chi connectivity index (χ1) is 8.43. The van der Waals surface area contributed by atoms with Crippen molar-refractivity contribution in [2.75, 3.05) is 6.54 Å². The molecule has 1 fully saturated rings. The predicted octanol–water partition coefficient (Wildman–Crippen LogP) is 0.364. The van der Waals surface area contributed by atoms with Crippen LogP contribution >= 0.6 is 0 Å². The molecule has 1 saturated carbocycles. The van der Waals surface area contributed by atoms with Crippen LogP contribution in [0.25, 0.3) is 0 Å². The zero-order valence-corrected chi connectivity index (χ0v) is 11.3. The third-order valence-electron chi connectivity index (χ3n) is 3.95. The molecule has 0 saturated heterocycles. The van der Waals surface area contributed by atoms with Crippen molar-refractivity contribution in [3.63, 3.8) is 0 Å².